The molecule has 0 spiro atoms. The summed E-state index contributed by atoms with van der Waals surface area (Å²) in [7, 11) is 0. The Morgan fingerprint density at radius 2 is 1.58 bits per heavy atom. The molecule has 0 amide bonds. The first-order chi connectivity index (χ1) is 24.0. The number of aromatic nitrogens is 1. The molecule has 1 N–H and O–H groups in total. The van der Waals surface area contributed by atoms with Gasteiger partial charge < -0.3 is 9.52 Å². The second-order valence-corrected chi connectivity index (χ2v) is 18.1. The van der Waals surface area contributed by atoms with E-state index in [1.54, 1.807) is 11.3 Å². The maximum atomic E-state index is 12.2. The van der Waals surface area contributed by atoms with Gasteiger partial charge in [0, 0.05) is 64.6 Å². The third-order valence-electron chi connectivity index (χ3n) is 11.3. The maximum absolute atomic E-state index is 12.2. The molecule has 4 heterocycles. The number of aliphatic hydroxyl groups is 1. The number of benzene rings is 2. The molecular weight excluding hydrogens is 859 g/mol. The molecule has 0 aliphatic rings. The number of ketones is 1. The molecule has 4 nitrogen and oxygen atoms in total. The van der Waals surface area contributed by atoms with Gasteiger partial charge in [0.1, 0.15) is 11.5 Å². The summed E-state index contributed by atoms with van der Waals surface area (Å²) >= 11 is 3.61. The molecule has 0 aliphatic carbocycles. The number of carbonyl (C=O) groups excluding carboxylic acids is 1. The second kappa shape index (κ2) is 16.3. The number of furan rings is 1. The van der Waals surface area contributed by atoms with E-state index in [-0.39, 0.29) is 47.9 Å². The number of aryl methyl sites for hydroxylation is 1. The van der Waals surface area contributed by atoms with Gasteiger partial charge in [-0.05, 0) is 77.3 Å². The van der Waals surface area contributed by atoms with Crippen LogP contribution in [-0.4, -0.2) is 15.9 Å². The Labute approximate surface area is 332 Å². The first-order valence-electron chi connectivity index (χ1n) is 18.6. The van der Waals surface area contributed by atoms with E-state index in [0.717, 1.165) is 54.7 Å². The van der Waals surface area contributed by atoms with Gasteiger partial charge in [0.2, 0.25) is 0 Å². The van der Waals surface area contributed by atoms with E-state index in [0.29, 0.717) is 5.92 Å². The van der Waals surface area contributed by atoms with Crippen LogP contribution in [-0.2, 0) is 36.7 Å². The van der Waals surface area contributed by atoms with Crippen LogP contribution in [0.1, 0.15) is 119 Å². The fourth-order valence-corrected chi connectivity index (χ4v) is 9.01. The van der Waals surface area contributed by atoms with E-state index in [2.05, 4.69) is 83.3 Å². The summed E-state index contributed by atoms with van der Waals surface area (Å²) in [6, 6.07) is 14.8. The van der Waals surface area contributed by atoms with Crippen molar-refractivity contribution in [3.8, 4) is 11.3 Å². The number of pyridine rings is 1. The zero-order valence-electron chi connectivity index (χ0n) is 33.1. The predicted molar refractivity (Wildman–Crippen MR) is 222 cm³/mol. The van der Waals surface area contributed by atoms with Crippen LogP contribution in [0.2, 0.25) is 0 Å². The van der Waals surface area contributed by atoms with Crippen molar-refractivity contribution in [2.75, 3.05) is 0 Å². The average molecular weight is 915 g/mol. The fraction of sp³-hybridized carbons (Fsp3) is 0.467. The quantitative estimate of drug-likeness (QED) is 0.0845. The van der Waals surface area contributed by atoms with Gasteiger partial charge in [0.25, 0.3) is 0 Å². The first-order valence-corrected chi connectivity index (χ1v) is 20.3. The number of hydrogen-bond donors (Lipinski definition) is 1. The van der Waals surface area contributed by atoms with Crippen LogP contribution in [0.25, 0.3) is 52.5 Å². The Kier molecular flexibility index (Phi) is 13.1. The Morgan fingerprint density at radius 3 is 2.17 bits per heavy atom. The average Bonchev–Trinajstić information content (AvgIpc) is 3.82. The normalized spacial score (nSPS) is 12.9. The molecule has 1 radical (unpaired) electrons. The number of hydrogen-bond acceptors (Lipinski definition) is 6. The minimum atomic E-state index is -0.337. The van der Waals surface area contributed by atoms with Crippen molar-refractivity contribution in [3.63, 3.8) is 0 Å². The SMILES string of the molecule is CCC(C)(CC)C(=O)/C=C(\O)C(C)(CC)CC.Cc1oc2c(ccc3c2sc2ccnc(-c4[c-]c5ccsc5c(C(C)(C)C)c4)c23)c1CC(C)C.[Ir]. The zero-order chi connectivity index (χ0) is 37.5. The zero-order valence-corrected chi connectivity index (χ0v) is 37.1. The molecule has 0 saturated carbocycles. The van der Waals surface area contributed by atoms with Gasteiger partial charge in [-0.15, -0.1) is 34.9 Å². The summed E-state index contributed by atoms with van der Waals surface area (Å²) in [4.78, 5) is 17.1. The van der Waals surface area contributed by atoms with Gasteiger partial charge in [0.05, 0.1) is 4.70 Å². The fourth-order valence-electron chi connectivity index (χ4n) is 6.75. The molecule has 0 bridgehead atoms. The number of nitrogens with zero attached hydrogens (tertiary/aromatic N) is 1. The molecule has 6 rings (SSSR count). The summed E-state index contributed by atoms with van der Waals surface area (Å²) in [5.74, 6) is 1.92. The minimum absolute atomic E-state index is 0. The van der Waals surface area contributed by atoms with Crippen molar-refractivity contribution in [2.24, 2.45) is 16.7 Å². The summed E-state index contributed by atoms with van der Waals surface area (Å²) in [6.45, 7) is 25.6. The van der Waals surface area contributed by atoms with Crippen LogP contribution in [0.5, 0.6) is 0 Å². The van der Waals surface area contributed by atoms with Gasteiger partial charge in [-0.1, -0.05) is 99.4 Å². The largest absolute Gasteiger partial charge is 0.512 e. The first kappa shape index (κ1) is 41.9. The monoisotopic (exact) mass is 915 g/mol. The van der Waals surface area contributed by atoms with Crippen LogP contribution < -0.4 is 0 Å². The van der Waals surface area contributed by atoms with Gasteiger partial charge in [-0.25, -0.2) is 0 Å². The van der Waals surface area contributed by atoms with E-state index >= 15 is 0 Å². The van der Waals surface area contributed by atoms with Crippen molar-refractivity contribution in [2.45, 2.75) is 121 Å². The maximum Gasteiger partial charge on any atom is 0.164 e. The van der Waals surface area contributed by atoms with Crippen molar-refractivity contribution < 1.29 is 34.4 Å². The third-order valence-corrected chi connectivity index (χ3v) is 13.4. The predicted octanol–water partition coefficient (Wildman–Crippen LogP) is 14.3. The van der Waals surface area contributed by atoms with Crippen molar-refractivity contribution in [1.82, 2.24) is 4.98 Å². The number of allylic oxidation sites excluding steroid dienone is 2. The van der Waals surface area contributed by atoms with E-state index < -0.39 is 0 Å². The third kappa shape index (κ3) is 7.99. The number of thiophene rings is 2. The van der Waals surface area contributed by atoms with Gasteiger partial charge in [-0.3, -0.25) is 9.78 Å². The van der Waals surface area contributed by atoms with Crippen LogP contribution in [0, 0.1) is 29.7 Å². The smallest absolute Gasteiger partial charge is 0.164 e. The summed E-state index contributed by atoms with van der Waals surface area (Å²) < 4.78 is 10.2. The van der Waals surface area contributed by atoms with Gasteiger partial charge in [0.15, 0.2) is 11.4 Å². The van der Waals surface area contributed by atoms with Crippen molar-refractivity contribution in [3.05, 3.63) is 76.7 Å². The molecule has 0 unspecified atom stereocenters. The van der Waals surface area contributed by atoms with E-state index in [9.17, 15) is 9.90 Å². The van der Waals surface area contributed by atoms with E-state index in [1.807, 2.05) is 59.1 Å². The molecule has 6 aromatic rings. The number of fused-ring (bicyclic) bond motifs is 6. The topological polar surface area (TPSA) is 63.3 Å². The summed E-state index contributed by atoms with van der Waals surface area (Å²) in [5.41, 5.74) is 5.23. The minimum Gasteiger partial charge on any atom is -0.512 e. The summed E-state index contributed by atoms with van der Waals surface area (Å²) in [5, 5.41) is 17.1. The van der Waals surface area contributed by atoms with Gasteiger partial charge in [-0.2, -0.15) is 11.3 Å². The van der Waals surface area contributed by atoms with Crippen LogP contribution in [0.4, 0.5) is 0 Å². The Hall–Kier alpha value is -2.83. The molecule has 7 heteroatoms. The molecule has 0 saturated heterocycles. The molecule has 2 aromatic carbocycles. The van der Waals surface area contributed by atoms with Crippen molar-refractivity contribution in [1.29, 1.82) is 0 Å². The van der Waals surface area contributed by atoms with E-state index in [4.69, 9.17) is 9.40 Å². The molecule has 4 aromatic heterocycles. The van der Waals surface area contributed by atoms with Crippen molar-refractivity contribution >= 4 is 69.7 Å². The molecule has 0 fully saturated rings. The molecule has 0 aliphatic heterocycles. The molecule has 52 heavy (non-hydrogen) atoms. The number of rotatable bonds is 10. The van der Waals surface area contributed by atoms with Crippen LogP contribution in [0.15, 0.2) is 58.2 Å². The Bertz CT molecular complexity index is 2220. The van der Waals surface area contributed by atoms with E-state index in [1.165, 1.54) is 52.8 Å². The summed E-state index contributed by atoms with van der Waals surface area (Å²) in [6.07, 6.45) is 7.72. The van der Waals surface area contributed by atoms with Crippen LogP contribution in [0.3, 0.4) is 0 Å². The second-order valence-electron chi connectivity index (χ2n) is 16.1. The van der Waals surface area contributed by atoms with Crippen LogP contribution >= 0.6 is 22.7 Å². The Balaban J connectivity index is 0.000000289. The Morgan fingerprint density at radius 1 is 0.942 bits per heavy atom. The molecule has 281 valence electrons. The molecule has 0 atom stereocenters. The van der Waals surface area contributed by atoms with Gasteiger partial charge >= 0.3 is 0 Å². The number of aliphatic hydroxyl groups excluding tert-OH is 1. The number of carbonyl (C=O) groups is 1. The standard InChI is InChI=1S/C30H28NOS2.C15H28O2.Ir/c1-16(2)13-22-17(3)32-27-20(22)7-8-21-25-24(34-29(21)27)9-11-31-26(25)19-14-18-10-12-33-28(18)23(15-19)30(4,5)6;1-7-14(5,8-2)12(16)11-13(17)15(6,9-3)10-4;/h7-12,15-16H,13H2,1-6H3;11,16H,7-10H2,1-6H3;/q-1;;/b;12-11-;. The molecular formula is C45H56IrNO3S2-.